The number of amides is 1. The van der Waals surface area contributed by atoms with Crippen molar-refractivity contribution in [3.8, 4) is 0 Å². The topological polar surface area (TPSA) is 55.1 Å². The number of nitrogen functional groups attached to an aromatic ring is 1. The molecule has 0 aliphatic carbocycles. The molecule has 0 aliphatic heterocycles. The van der Waals surface area contributed by atoms with Crippen molar-refractivity contribution in [1.29, 1.82) is 0 Å². The van der Waals surface area contributed by atoms with E-state index in [9.17, 15) is 4.79 Å². The van der Waals surface area contributed by atoms with Crippen LogP contribution in [-0.4, -0.2) is 5.91 Å². The van der Waals surface area contributed by atoms with Gasteiger partial charge in [-0.2, -0.15) is 0 Å². The first-order chi connectivity index (χ1) is 9.56. The van der Waals surface area contributed by atoms with Crippen molar-refractivity contribution in [3.63, 3.8) is 0 Å². The summed E-state index contributed by atoms with van der Waals surface area (Å²) in [5.41, 5.74) is 8.94. The summed E-state index contributed by atoms with van der Waals surface area (Å²) in [6.45, 7) is 4.81. The van der Waals surface area contributed by atoms with Gasteiger partial charge in [0.15, 0.2) is 0 Å². The molecular weight excluding hydrogens is 268 g/mol. The fourth-order valence-electron chi connectivity index (χ4n) is 2.02. The van der Waals surface area contributed by atoms with Crippen molar-refractivity contribution in [2.45, 2.75) is 33.2 Å². The third-order valence-electron chi connectivity index (χ3n) is 3.35. The maximum atomic E-state index is 11.8. The second-order valence-electron chi connectivity index (χ2n) is 4.93. The first-order valence-corrected chi connectivity index (χ1v) is 7.54. The van der Waals surface area contributed by atoms with E-state index >= 15 is 0 Å². The lowest BCUT2D eigenvalue weighted by Crippen LogP contribution is -2.22. The van der Waals surface area contributed by atoms with Crippen molar-refractivity contribution in [2.24, 2.45) is 0 Å². The Morgan fingerprint density at radius 1 is 1.30 bits per heavy atom. The molecule has 1 aromatic carbocycles. The van der Waals surface area contributed by atoms with Crippen LogP contribution < -0.4 is 11.1 Å². The van der Waals surface area contributed by atoms with Crippen LogP contribution in [-0.2, 0) is 17.8 Å². The number of rotatable bonds is 5. The molecule has 1 aromatic heterocycles. The summed E-state index contributed by atoms with van der Waals surface area (Å²) >= 11 is 1.74. The molecule has 3 N–H and O–H groups in total. The number of aryl methyl sites for hydroxylation is 3. The van der Waals surface area contributed by atoms with E-state index in [1.807, 2.05) is 24.3 Å². The third-order valence-corrected chi connectivity index (χ3v) is 4.51. The van der Waals surface area contributed by atoms with Gasteiger partial charge in [-0.25, -0.2) is 0 Å². The number of carbonyl (C=O) groups excluding carboxylic acids is 1. The maximum absolute atomic E-state index is 11.8. The molecule has 3 nitrogen and oxygen atoms in total. The monoisotopic (exact) mass is 288 g/mol. The summed E-state index contributed by atoms with van der Waals surface area (Å²) in [5, 5.41) is 2.96. The quantitative estimate of drug-likeness (QED) is 0.830. The number of para-hydroxylation sites is 1. The molecule has 0 unspecified atom stereocenters. The molecule has 1 amide bonds. The number of nitrogens with one attached hydrogen (secondary N) is 1. The Labute approximate surface area is 123 Å². The predicted octanol–water partition coefficient (Wildman–Crippen LogP) is 3.20. The van der Waals surface area contributed by atoms with Crippen LogP contribution in [0.25, 0.3) is 0 Å². The average molecular weight is 288 g/mol. The zero-order valence-electron chi connectivity index (χ0n) is 11.9. The first-order valence-electron chi connectivity index (χ1n) is 6.72. The summed E-state index contributed by atoms with van der Waals surface area (Å²) in [5.74, 6) is 0.0666. The normalized spacial score (nSPS) is 10.5. The molecule has 0 aliphatic rings. The minimum Gasteiger partial charge on any atom is -0.399 e. The highest BCUT2D eigenvalue weighted by Gasteiger charge is 2.06. The van der Waals surface area contributed by atoms with Crippen molar-refractivity contribution in [2.75, 3.05) is 5.73 Å². The zero-order valence-corrected chi connectivity index (χ0v) is 12.7. The Morgan fingerprint density at radius 2 is 2.05 bits per heavy atom. The smallest absolute Gasteiger partial charge is 0.220 e. The third kappa shape index (κ3) is 3.84. The molecule has 1 heterocycles. The Hall–Kier alpha value is -1.81. The van der Waals surface area contributed by atoms with Crippen LogP contribution in [0.15, 0.2) is 30.3 Å². The number of thiophene rings is 1. The molecule has 2 rings (SSSR count). The SMILES string of the molecule is Cc1cc(CNC(=O)CCc2ccccc2N)sc1C. The van der Waals surface area contributed by atoms with Gasteiger partial charge in [-0.3, -0.25) is 4.79 Å². The van der Waals surface area contributed by atoms with E-state index in [-0.39, 0.29) is 5.91 Å². The molecule has 0 fully saturated rings. The van der Waals surface area contributed by atoms with Gasteiger partial charge in [0.2, 0.25) is 5.91 Å². The lowest BCUT2D eigenvalue weighted by atomic mass is 10.1. The molecule has 106 valence electrons. The highest BCUT2D eigenvalue weighted by molar-refractivity contribution is 7.12. The Morgan fingerprint density at radius 3 is 2.70 bits per heavy atom. The molecule has 0 radical (unpaired) electrons. The van der Waals surface area contributed by atoms with E-state index < -0.39 is 0 Å². The molecule has 2 aromatic rings. The molecular formula is C16H20N2OS. The van der Waals surface area contributed by atoms with Crippen LogP contribution in [0.1, 0.15) is 27.3 Å². The fraction of sp³-hybridized carbons (Fsp3) is 0.312. The van der Waals surface area contributed by atoms with E-state index in [4.69, 9.17) is 5.73 Å². The largest absolute Gasteiger partial charge is 0.399 e. The van der Waals surface area contributed by atoms with Crippen LogP contribution in [0.3, 0.4) is 0 Å². The number of nitrogens with two attached hydrogens (primary N) is 1. The van der Waals surface area contributed by atoms with Crippen molar-refractivity contribution < 1.29 is 4.79 Å². The minimum absolute atomic E-state index is 0.0666. The standard InChI is InChI=1S/C16H20N2OS/c1-11-9-14(20-12(11)2)10-18-16(19)8-7-13-5-3-4-6-15(13)17/h3-6,9H,7-8,10,17H2,1-2H3,(H,18,19). The summed E-state index contributed by atoms with van der Waals surface area (Å²) < 4.78 is 0. The summed E-state index contributed by atoms with van der Waals surface area (Å²) in [6.07, 6.45) is 1.15. The van der Waals surface area contributed by atoms with E-state index in [2.05, 4.69) is 25.2 Å². The molecule has 0 bridgehead atoms. The Balaban J connectivity index is 1.80. The van der Waals surface area contributed by atoms with Gasteiger partial charge in [0, 0.05) is 21.9 Å². The summed E-state index contributed by atoms with van der Waals surface area (Å²) in [6, 6.07) is 9.82. The summed E-state index contributed by atoms with van der Waals surface area (Å²) in [4.78, 5) is 14.4. The van der Waals surface area contributed by atoms with E-state index in [1.165, 1.54) is 15.3 Å². The van der Waals surface area contributed by atoms with Crippen molar-refractivity contribution in [1.82, 2.24) is 5.32 Å². The highest BCUT2D eigenvalue weighted by atomic mass is 32.1. The average Bonchev–Trinajstić information content (AvgIpc) is 2.75. The van der Waals surface area contributed by atoms with E-state index in [0.717, 1.165) is 11.3 Å². The van der Waals surface area contributed by atoms with Gasteiger partial charge in [-0.05, 0) is 43.5 Å². The number of hydrogen-bond acceptors (Lipinski definition) is 3. The van der Waals surface area contributed by atoms with Gasteiger partial charge < -0.3 is 11.1 Å². The lowest BCUT2D eigenvalue weighted by molar-refractivity contribution is -0.121. The van der Waals surface area contributed by atoms with Gasteiger partial charge in [-0.15, -0.1) is 11.3 Å². The number of carbonyl (C=O) groups is 1. The van der Waals surface area contributed by atoms with Gasteiger partial charge >= 0.3 is 0 Å². The van der Waals surface area contributed by atoms with Gasteiger partial charge in [0.25, 0.3) is 0 Å². The summed E-state index contributed by atoms with van der Waals surface area (Å²) in [7, 11) is 0. The molecule has 0 atom stereocenters. The molecule has 20 heavy (non-hydrogen) atoms. The molecule has 4 heteroatoms. The fourth-order valence-corrected chi connectivity index (χ4v) is 3.01. The first kappa shape index (κ1) is 14.6. The maximum Gasteiger partial charge on any atom is 0.220 e. The van der Waals surface area contributed by atoms with Crippen LogP contribution in [0, 0.1) is 13.8 Å². The lowest BCUT2D eigenvalue weighted by Gasteiger charge is -2.06. The van der Waals surface area contributed by atoms with Gasteiger partial charge in [0.05, 0.1) is 6.54 Å². The second-order valence-corrected chi connectivity index (χ2v) is 6.27. The van der Waals surface area contributed by atoms with Crippen molar-refractivity contribution >= 4 is 22.9 Å². The zero-order chi connectivity index (χ0) is 14.5. The van der Waals surface area contributed by atoms with E-state index in [0.29, 0.717) is 19.4 Å². The van der Waals surface area contributed by atoms with Crippen LogP contribution >= 0.6 is 11.3 Å². The Bertz CT molecular complexity index is 585. The van der Waals surface area contributed by atoms with Crippen LogP contribution in [0.5, 0.6) is 0 Å². The number of hydrogen-bond donors (Lipinski definition) is 2. The number of benzene rings is 1. The Kier molecular flexibility index (Phi) is 4.79. The van der Waals surface area contributed by atoms with Crippen LogP contribution in [0.2, 0.25) is 0 Å². The van der Waals surface area contributed by atoms with Crippen molar-refractivity contribution in [3.05, 3.63) is 51.2 Å². The number of anilines is 1. The highest BCUT2D eigenvalue weighted by Crippen LogP contribution is 2.20. The van der Waals surface area contributed by atoms with Crippen LogP contribution in [0.4, 0.5) is 5.69 Å². The van der Waals surface area contributed by atoms with Gasteiger partial charge in [0.1, 0.15) is 0 Å². The minimum atomic E-state index is 0.0666. The van der Waals surface area contributed by atoms with Gasteiger partial charge in [-0.1, -0.05) is 18.2 Å². The molecule has 0 spiro atoms. The molecule has 0 saturated heterocycles. The predicted molar refractivity (Wildman–Crippen MR) is 84.8 cm³/mol. The molecule has 0 saturated carbocycles. The second kappa shape index (κ2) is 6.57. The van der Waals surface area contributed by atoms with E-state index in [1.54, 1.807) is 11.3 Å².